The largest absolute Gasteiger partial charge is 0.507 e. The second-order valence-electron chi connectivity index (χ2n) is 4.30. The third kappa shape index (κ3) is 2.34. The first-order valence-electron chi connectivity index (χ1n) is 6.16. The molecule has 0 unspecified atom stereocenters. The van der Waals surface area contributed by atoms with Crippen LogP contribution >= 0.6 is 0 Å². The molecule has 6 nitrogen and oxygen atoms in total. The fourth-order valence-corrected chi connectivity index (χ4v) is 2.04. The molecule has 0 aliphatic heterocycles. The van der Waals surface area contributed by atoms with Crippen molar-refractivity contribution in [2.75, 3.05) is 0 Å². The minimum Gasteiger partial charge on any atom is -0.507 e. The van der Waals surface area contributed by atoms with Crippen LogP contribution in [0.25, 0.3) is 22.2 Å². The number of aromatic hydroxyl groups is 1. The van der Waals surface area contributed by atoms with Crippen molar-refractivity contribution >= 4 is 17.0 Å². The molecule has 0 radical (unpaired) electrons. The molecule has 0 fully saturated rings. The molecule has 0 saturated heterocycles. The Morgan fingerprint density at radius 2 is 2.10 bits per heavy atom. The molecule has 104 valence electrons. The van der Waals surface area contributed by atoms with Crippen LogP contribution in [0.5, 0.6) is 11.5 Å². The number of aromatic nitrogens is 3. The Morgan fingerprint density at radius 3 is 2.90 bits per heavy atom. The summed E-state index contributed by atoms with van der Waals surface area (Å²) in [6, 6.07) is 9.95. The number of H-pyrrole nitrogens is 1. The van der Waals surface area contributed by atoms with E-state index in [-0.39, 0.29) is 5.75 Å². The highest BCUT2D eigenvalue weighted by atomic mass is 16.5. The Kier molecular flexibility index (Phi) is 3.12. The van der Waals surface area contributed by atoms with Crippen LogP contribution in [0.1, 0.15) is 0 Å². The highest BCUT2D eigenvalue weighted by Gasteiger charge is 2.12. The van der Waals surface area contributed by atoms with Crippen molar-refractivity contribution in [1.82, 2.24) is 15.4 Å². The third-order valence-electron chi connectivity index (χ3n) is 2.99. The first-order valence-corrected chi connectivity index (χ1v) is 6.16. The number of carbonyl (C=O) groups is 1. The van der Waals surface area contributed by atoms with E-state index >= 15 is 0 Å². The molecule has 0 spiro atoms. The van der Waals surface area contributed by atoms with Gasteiger partial charge in [0, 0.05) is 17.2 Å². The molecule has 2 N–H and O–H groups in total. The van der Waals surface area contributed by atoms with Gasteiger partial charge >= 0.3 is 5.97 Å². The summed E-state index contributed by atoms with van der Waals surface area (Å²) >= 11 is 0. The number of carbonyl (C=O) groups excluding carboxylic acids is 1. The average molecular weight is 281 g/mol. The standard InChI is InChI=1S/C15H11N3O3/c1-2-14(20)21-9-6-7-13(19)11(8-9)10-4-3-5-12-15(10)17-18-16-12/h2-8,19H,1H2,(H,16,17,18). The van der Waals surface area contributed by atoms with Gasteiger partial charge in [-0.05, 0) is 24.3 Å². The highest BCUT2D eigenvalue weighted by Crippen LogP contribution is 2.35. The van der Waals surface area contributed by atoms with E-state index in [2.05, 4.69) is 22.0 Å². The summed E-state index contributed by atoms with van der Waals surface area (Å²) in [6.45, 7) is 3.34. The summed E-state index contributed by atoms with van der Waals surface area (Å²) in [5.74, 6) is -0.191. The van der Waals surface area contributed by atoms with Crippen LogP contribution in [0, 0.1) is 0 Å². The number of aromatic amines is 1. The van der Waals surface area contributed by atoms with E-state index in [4.69, 9.17) is 4.74 Å². The van der Waals surface area contributed by atoms with Crippen LogP contribution < -0.4 is 4.74 Å². The number of para-hydroxylation sites is 1. The van der Waals surface area contributed by atoms with E-state index in [0.29, 0.717) is 27.9 Å². The number of esters is 1. The smallest absolute Gasteiger partial charge is 0.335 e. The molecule has 2 aromatic carbocycles. The van der Waals surface area contributed by atoms with Crippen LogP contribution in [0.4, 0.5) is 0 Å². The lowest BCUT2D eigenvalue weighted by atomic mass is 10.0. The minimum atomic E-state index is -0.564. The fourth-order valence-electron chi connectivity index (χ4n) is 2.04. The first kappa shape index (κ1) is 12.9. The summed E-state index contributed by atoms with van der Waals surface area (Å²) in [5, 5.41) is 20.7. The molecule has 1 heterocycles. The van der Waals surface area contributed by atoms with E-state index < -0.39 is 5.97 Å². The van der Waals surface area contributed by atoms with E-state index in [9.17, 15) is 9.90 Å². The lowest BCUT2D eigenvalue weighted by Gasteiger charge is -2.08. The molecule has 0 aliphatic carbocycles. The number of ether oxygens (including phenoxy) is 1. The average Bonchev–Trinajstić information content (AvgIpc) is 2.97. The van der Waals surface area contributed by atoms with Crippen LogP contribution in [-0.4, -0.2) is 26.5 Å². The summed E-state index contributed by atoms with van der Waals surface area (Å²) in [5.41, 5.74) is 2.50. The number of phenolic OH excluding ortho intramolecular Hbond substituents is 1. The van der Waals surface area contributed by atoms with Gasteiger partial charge in [-0.1, -0.05) is 18.7 Å². The molecular weight excluding hydrogens is 270 g/mol. The van der Waals surface area contributed by atoms with Gasteiger partial charge in [0.15, 0.2) is 0 Å². The number of hydrogen-bond donors (Lipinski definition) is 2. The molecule has 0 saturated carbocycles. The molecule has 3 rings (SSSR count). The lowest BCUT2D eigenvalue weighted by Crippen LogP contribution is -2.02. The summed E-state index contributed by atoms with van der Waals surface area (Å²) in [6.07, 6.45) is 1.07. The number of nitrogens with zero attached hydrogens (tertiary/aromatic N) is 2. The number of fused-ring (bicyclic) bond motifs is 1. The predicted octanol–water partition coefficient (Wildman–Crippen LogP) is 2.42. The summed E-state index contributed by atoms with van der Waals surface area (Å²) in [4.78, 5) is 11.3. The lowest BCUT2D eigenvalue weighted by molar-refractivity contribution is -0.128. The molecule has 6 heteroatoms. The van der Waals surface area contributed by atoms with E-state index in [1.807, 2.05) is 6.07 Å². The molecular formula is C15H11N3O3. The SMILES string of the molecule is C=CC(=O)Oc1ccc(O)c(-c2cccc3n[nH]nc23)c1. The van der Waals surface area contributed by atoms with E-state index in [1.165, 1.54) is 12.1 Å². The van der Waals surface area contributed by atoms with E-state index in [1.54, 1.807) is 18.2 Å². The van der Waals surface area contributed by atoms with Crippen molar-refractivity contribution in [3.8, 4) is 22.6 Å². The van der Waals surface area contributed by atoms with Crippen molar-refractivity contribution < 1.29 is 14.6 Å². The van der Waals surface area contributed by atoms with E-state index in [0.717, 1.165) is 6.08 Å². The molecule has 3 aromatic rings. The topological polar surface area (TPSA) is 88.1 Å². The number of phenols is 1. The van der Waals surface area contributed by atoms with Crippen molar-refractivity contribution in [2.24, 2.45) is 0 Å². The Morgan fingerprint density at radius 1 is 1.24 bits per heavy atom. The van der Waals surface area contributed by atoms with Gasteiger partial charge in [-0.2, -0.15) is 15.4 Å². The van der Waals surface area contributed by atoms with Gasteiger partial charge < -0.3 is 9.84 Å². The van der Waals surface area contributed by atoms with Gasteiger partial charge in [-0.3, -0.25) is 0 Å². The zero-order chi connectivity index (χ0) is 14.8. The van der Waals surface area contributed by atoms with Gasteiger partial charge in [0.05, 0.1) is 0 Å². The maximum atomic E-state index is 11.3. The molecule has 0 amide bonds. The number of hydrogen-bond acceptors (Lipinski definition) is 5. The molecule has 0 atom stereocenters. The van der Waals surface area contributed by atoms with Crippen LogP contribution in [-0.2, 0) is 4.79 Å². The molecule has 21 heavy (non-hydrogen) atoms. The zero-order valence-corrected chi connectivity index (χ0v) is 10.9. The maximum Gasteiger partial charge on any atom is 0.335 e. The monoisotopic (exact) mass is 281 g/mol. The Balaban J connectivity index is 2.13. The van der Waals surface area contributed by atoms with Crippen molar-refractivity contribution in [3.63, 3.8) is 0 Å². The normalized spacial score (nSPS) is 10.5. The number of benzene rings is 2. The minimum absolute atomic E-state index is 0.0592. The first-order chi connectivity index (χ1) is 10.2. The second kappa shape index (κ2) is 5.09. The molecule has 1 aromatic heterocycles. The number of rotatable bonds is 3. The van der Waals surface area contributed by atoms with Gasteiger partial charge in [0.2, 0.25) is 0 Å². The highest BCUT2D eigenvalue weighted by molar-refractivity contribution is 5.93. The Labute approximate surface area is 119 Å². The predicted molar refractivity (Wildman–Crippen MR) is 76.8 cm³/mol. The summed E-state index contributed by atoms with van der Waals surface area (Å²) < 4.78 is 5.06. The number of nitrogens with one attached hydrogen (secondary N) is 1. The van der Waals surface area contributed by atoms with Crippen LogP contribution in [0.2, 0.25) is 0 Å². The maximum absolute atomic E-state index is 11.3. The van der Waals surface area contributed by atoms with Crippen LogP contribution in [0.15, 0.2) is 49.1 Å². The van der Waals surface area contributed by atoms with Crippen molar-refractivity contribution in [1.29, 1.82) is 0 Å². The molecule has 0 bridgehead atoms. The fraction of sp³-hybridized carbons (Fsp3) is 0. The molecule has 0 aliphatic rings. The second-order valence-corrected chi connectivity index (χ2v) is 4.30. The Hall–Kier alpha value is -3.15. The van der Waals surface area contributed by atoms with Gasteiger partial charge in [0.1, 0.15) is 22.5 Å². The zero-order valence-electron chi connectivity index (χ0n) is 10.9. The Bertz CT molecular complexity index is 839. The van der Waals surface area contributed by atoms with Gasteiger partial charge in [0.25, 0.3) is 0 Å². The summed E-state index contributed by atoms with van der Waals surface area (Å²) in [7, 11) is 0. The van der Waals surface area contributed by atoms with Crippen LogP contribution in [0.3, 0.4) is 0 Å². The van der Waals surface area contributed by atoms with Crippen molar-refractivity contribution in [2.45, 2.75) is 0 Å². The van der Waals surface area contributed by atoms with Gasteiger partial charge in [-0.25, -0.2) is 4.79 Å². The van der Waals surface area contributed by atoms with Crippen molar-refractivity contribution in [3.05, 3.63) is 49.1 Å². The third-order valence-corrected chi connectivity index (χ3v) is 2.99. The van der Waals surface area contributed by atoms with Gasteiger partial charge in [-0.15, -0.1) is 0 Å². The quantitative estimate of drug-likeness (QED) is 0.437.